The number of hydrogen-bond acceptors (Lipinski definition) is 6. The zero-order chi connectivity index (χ0) is 21.4. The second-order valence-electron chi connectivity index (χ2n) is 6.54. The fraction of sp³-hybridized carbons (Fsp3) is 0.364. The lowest BCUT2D eigenvalue weighted by Crippen LogP contribution is -2.41. The van der Waals surface area contributed by atoms with Gasteiger partial charge in [0.15, 0.2) is 0 Å². The Kier molecular flexibility index (Phi) is 10.8. The highest BCUT2D eigenvalue weighted by atomic mass is 16.6. The van der Waals surface area contributed by atoms with Gasteiger partial charge in [-0.15, -0.1) is 0 Å². The first kappa shape index (κ1) is 23.2. The molecular formula is C22H29N3O5. The lowest BCUT2D eigenvalue weighted by atomic mass is 10.2. The van der Waals surface area contributed by atoms with E-state index in [1.807, 2.05) is 65.6 Å². The van der Waals surface area contributed by atoms with Crippen molar-refractivity contribution < 1.29 is 24.2 Å². The smallest absolute Gasteiger partial charge is 0.407 e. The summed E-state index contributed by atoms with van der Waals surface area (Å²) in [6, 6.07) is 18.9. The number of amides is 2. The van der Waals surface area contributed by atoms with Gasteiger partial charge in [-0.2, -0.15) is 0 Å². The lowest BCUT2D eigenvalue weighted by Gasteiger charge is -2.21. The Morgan fingerprint density at radius 1 is 0.733 bits per heavy atom. The highest BCUT2D eigenvalue weighted by Gasteiger charge is 2.08. The van der Waals surface area contributed by atoms with Gasteiger partial charge in [0.25, 0.3) is 0 Å². The van der Waals surface area contributed by atoms with Gasteiger partial charge in [0.1, 0.15) is 13.2 Å². The molecular weight excluding hydrogens is 386 g/mol. The summed E-state index contributed by atoms with van der Waals surface area (Å²) in [7, 11) is 0. The van der Waals surface area contributed by atoms with Crippen LogP contribution in [0.3, 0.4) is 0 Å². The lowest BCUT2D eigenvalue weighted by molar-refractivity contribution is 0.134. The zero-order valence-corrected chi connectivity index (χ0v) is 17.0. The summed E-state index contributed by atoms with van der Waals surface area (Å²) in [5.41, 5.74) is 1.83. The van der Waals surface area contributed by atoms with Gasteiger partial charge >= 0.3 is 12.2 Å². The Morgan fingerprint density at radius 3 is 1.57 bits per heavy atom. The van der Waals surface area contributed by atoms with Crippen molar-refractivity contribution in [2.75, 3.05) is 39.3 Å². The maximum atomic E-state index is 11.8. The molecule has 0 fully saturated rings. The molecule has 0 aliphatic heterocycles. The highest BCUT2D eigenvalue weighted by molar-refractivity contribution is 5.67. The third-order valence-electron chi connectivity index (χ3n) is 4.24. The normalized spacial score (nSPS) is 10.5. The van der Waals surface area contributed by atoms with Crippen LogP contribution >= 0.6 is 0 Å². The van der Waals surface area contributed by atoms with E-state index in [2.05, 4.69) is 10.6 Å². The van der Waals surface area contributed by atoms with Gasteiger partial charge in [0, 0.05) is 32.7 Å². The summed E-state index contributed by atoms with van der Waals surface area (Å²) in [5.74, 6) is 0. The van der Waals surface area contributed by atoms with Gasteiger partial charge in [-0.05, 0) is 11.1 Å². The molecule has 0 saturated carbocycles. The molecule has 3 N–H and O–H groups in total. The van der Waals surface area contributed by atoms with E-state index in [0.717, 1.165) is 11.1 Å². The Bertz CT molecular complexity index is 681. The molecule has 2 amide bonds. The van der Waals surface area contributed by atoms with Crippen LogP contribution in [-0.2, 0) is 22.7 Å². The van der Waals surface area contributed by atoms with E-state index in [1.54, 1.807) is 0 Å². The summed E-state index contributed by atoms with van der Waals surface area (Å²) in [6.07, 6.45) is -0.990. The predicted octanol–water partition coefficient (Wildman–Crippen LogP) is 2.13. The Hall–Kier alpha value is -3.10. The van der Waals surface area contributed by atoms with Crippen molar-refractivity contribution in [1.29, 1.82) is 0 Å². The fourth-order valence-electron chi connectivity index (χ4n) is 2.66. The number of ether oxygens (including phenoxy) is 2. The molecule has 8 nitrogen and oxygen atoms in total. The summed E-state index contributed by atoms with van der Waals surface area (Å²) in [5, 5.41) is 14.6. The van der Waals surface area contributed by atoms with Crippen molar-refractivity contribution >= 4 is 12.2 Å². The minimum atomic E-state index is -0.495. The van der Waals surface area contributed by atoms with Gasteiger partial charge in [-0.1, -0.05) is 60.7 Å². The average Bonchev–Trinajstić information content (AvgIpc) is 2.78. The minimum Gasteiger partial charge on any atom is -0.445 e. The molecule has 0 aliphatic rings. The standard InChI is InChI=1S/C22H29N3O5/c26-16-15-25(13-11-23-21(27)29-17-19-7-3-1-4-8-19)14-12-24-22(28)30-18-20-9-5-2-6-10-20/h1-10,26H,11-18H2,(H,23,27)(H,24,28). The van der Waals surface area contributed by atoms with Crippen LogP contribution in [0.25, 0.3) is 0 Å². The number of nitrogens with zero attached hydrogens (tertiary/aromatic N) is 1. The molecule has 162 valence electrons. The first-order chi connectivity index (χ1) is 14.7. The van der Waals surface area contributed by atoms with Crippen LogP contribution in [0.1, 0.15) is 11.1 Å². The van der Waals surface area contributed by atoms with Crippen LogP contribution < -0.4 is 10.6 Å². The van der Waals surface area contributed by atoms with E-state index < -0.39 is 12.2 Å². The summed E-state index contributed by atoms with van der Waals surface area (Å²) < 4.78 is 10.3. The first-order valence-corrected chi connectivity index (χ1v) is 9.89. The molecule has 2 aromatic rings. The van der Waals surface area contributed by atoms with E-state index in [4.69, 9.17) is 9.47 Å². The Balaban J connectivity index is 1.58. The van der Waals surface area contributed by atoms with E-state index in [9.17, 15) is 14.7 Å². The number of carbonyl (C=O) groups excluding carboxylic acids is 2. The number of aliphatic hydroxyl groups excluding tert-OH is 1. The molecule has 0 spiro atoms. The molecule has 0 atom stereocenters. The number of hydrogen-bond donors (Lipinski definition) is 3. The summed E-state index contributed by atoms with van der Waals surface area (Å²) in [4.78, 5) is 25.5. The number of rotatable bonds is 12. The van der Waals surface area contributed by atoms with Crippen molar-refractivity contribution in [2.45, 2.75) is 13.2 Å². The number of benzene rings is 2. The number of aliphatic hydroxyl groups is 1. The van der Waals surface area contributed by atoms with Gasteiger partial charge < -0.3 is 25.2 Å². The third kappa shape index (κ3) is 9.90. The molecule has 0 radical (unpaired) electrons. The topological polar surface area (TPSA) is 100 Å². The Morgan fingerprint density at radius 2 is 1.17 bits per heavy atom. The molecule has 8 heteroatoms. The second-order valence-corrected chi connectivity index (χ2v) is 6.54. The summed E-state index contributed by atoms with van der Waals surface area (Å²) >= 11 is 0. The average molecular weight is 415 g/mol. The maximum absolute atomic E-state index is 11.8. The van der Waals surface area contributed by atoms with Crippen LogP contribution in [0.5, 0.6) is 0 Å². The van der Waals surface area contributed by atoms with Gasteiger partial charge in [-0.3, -0.25) is 4.90 Å². The third-order valence-corrected chi connectivity index (χ3v) is 4.24. The molecule has 2 rings (SSSR count). The van der Waals surface area contributed by atoms with Crippen molar-refractivity contribution in [3.05, 3.63) is 71.8 Å². The molecule has 0 aromatic heterocycles. The molecule has 0 aliphatic carbocycles. The van der Waals surface area contributed by atoms with E-state index in [0.29, 0.717) is 32.7 Å². The molecule has 0 saturated heterocycles. The molecule has 0 heterocycles. The second kappa shape index (κ2) is 14.0. The SMILES string of the molecule is O=C(NCCN(CCO)CCNC(=O)OCc1ccccc1)OCc1ccccc1. The van der Waals surface area contributed by atoms with Crippen molar-refractivity contribution in [1.82, 2.24) is 15.5 Å². The number of carbonyl (C=O) groups is 2. The number of alkyl carbamates (subject to hydrolysis) is 2. The van der Waals surface area contributed by atoms with Crippen molar-refractivity contribution in [2.24, 2.45) is 0 Å². The van der Waals surface area contributed by atoms with Gasteiger partial charge in [0.2, 0.25) is 0 Å². The van der Waals surface area contributed by atoms with E-state index >= 15 is 0 Å². The molecule has 0 unspecified atom stereocenters. The molecule has 0 bridgehead atoms. The van der Waals surface area contributed by atoms with Crippen LogP contribution in [0.15, 0.2) is 60.7 Å². The Labute approximate surface area is 176 Å². The molecule has 2 aromatic carbocycles. The molecule has 30 heavy (non-hydrogen) atoms. The monoisotopic (exact) mass is 415 g/mol. The van der Waals surface area contributed by atoms with E-state index in [-0.39, 0.29) is 19.8 Å². The summed E-state index contributed by atoms with van der Waals surface area (Å²) in [6.45, 7) is 2.60. The zero-order valence-electron chi connectivity index (χ0n) is 17.0. The van der Waals surface area contributed by atoms with Crippen molar-refractivity contribution in [3.63, 3.8) is 0 Å². The predicted molar refractivity (Wildman–Crippen MR) is 113 cm³/mol. The van der Waals surface area contributed by atoms with Crippen LogP contribution in [0.2, 0.25) is 0 Å². The van der Waals surface area contributed by atoms with Crippen LogP contribution in [0, 0.1) is 0 Å². The van der Waals surface area contributed by atoms with Gasteiger partial charge in [-0.25, -0.2) is 9.59 Å². The first-order valence-electron chi connectivity index (χ1n) is 9.89. The van der Waals surface area contributed by atoms with E-state index in [1.165, 1.54) is 0 Å². The quantitative estimate of drug-likeness (QED) is 0.491. The number of nitrogens with one attached hydrogen (secondary N) is 2. The van der Waals surface area contributed by atoms with Crippen LogP contribution in [0.4, 0.5) is 9.59 Å². The highest BCUT2D eigenvalue weighted by Crippen LogP contribution is 2.01. The largest absolute Gasteiger partial charge is 0.445 e. The maximum Gasteiger partial charge on any atom is 0.407 e. The minimum absolute atomic E-state index is 0.0170. The van der Waals surface area contributed by atoms with Crippen LogP contribution in [-0.4, -0.2) is 61.5 Å². The fourth-order valence-corrected chi connectivity index (χ4v) is 2.66. The van der Waals surface area contributed by atoms with Crippen molar-refractivity contribution in [3.8, 4) is 0 Å². The van der Waals surface area contributed by atoms with Gasteiger partial charge in [0.05, 0.1) is 6.61 Å².